The van der Waals surface area contributed by atoms with Crippen molar-refractivity contribution < 1.29 is 4.79 Å². The zero-order valence-corrected chi connectivity index (χ0v) is 12.6. The third-order valence-electron chi connectivity index (χ3n) is 3.15. The Bertz CT molecular complexity index is 603. The third kappa shape index (κ3) is 3.88. The van der Waals surface area contributed by atoms with Crippen molar-refractivity contribution in [3.8, 4) is 5.82 Å². The van der Waals surface area contributed by atoms with E-state index in [2.05, 4.69) is 15.3 Å². The summed E-state index contributed by atoms with van der Waals surface area (Å²) < 4.78 is 1.87. The van der Waals surface area contributed by atoms with Gasteiger partial charge in [-0.1, -0.05) is 13.8 Å². The Hall–Kier alpha value is -2.21. The number of nitrogens with zero attached hydrogens (tertiary/aromatic N) is 3. The van der Waals surface area contributed by atoms with Gasteiger partial charge in [-0.15, -0.1) is 0 Å². The predicted octanol–water partition coefficient (Wildman–Crippen LogP) is 1.89. The molecule has 0 aliphatic carbocycles. The first-order chi connectivity index (χ1) is 9.97. The van der Waals surface area contributed by atoms with Crippen LogP contribution in [-0.4, -0.2) is 26.5 Å². The lowest BCUT2D eigenvalue weighted by atomic mass is 10.0. The maximum atomic E-state index is 11.9. The van der Waals surface area contributed by atoms with Crippen molar-refractivity contribution in [2.45, 2.75) is 33.2 Å². The molecule has 1 unspecified atom stereocenters. The van der Waals surface area contributed by atoms with Crippen molar-refractivity contribution in [3.63, 3.8) is 0 Å². The second kappa shape index (κ2) is 6.49. The molecule has 2 heterocycles. The summed E-state index contributed by atoms with van der Waals surface area (Å²) in [7, 11) is 0. The minimum atomic E-state index is -0.499. The average molecular weight is 287 g/mol. The van der Waals surface area contributed by atoms with Crippen LogP contribution in [0.15, 0.2) is 30.7 Å². The topological polar surface area (TPSA) is 85.8 Å². The van der Waals surface area contributed by atoms with E-state index in [-0.39, 0.29) is 5.91 Å². The van der Waals surface area contributed by atoms with Crippen molar-refractivity contribution in [1.82, 2.24) is 14.5 Å². The molecule has 0 fully saturated rings. The fourth-order valence-electron chi connectivity index (χ4n) is 2.07. The summed E-state index contributed by atoms with van der Waals surface area (Å²) in [6.45, 7) is 5.98. The third-order valence-corrected chi connectivity index (χ3v) is 3.15. The first-order valence-electron chi connectivity index (χ1n) is 7.00. The van der Waals surface area contributed by atoms with E-state index in [9.17, 15) is 4.79 Å². The Morgan fingerprint density at radius 3 is 2.67 bits per heavy atom. The van der Waals surface area contributed by atoms with Crippen LogP contribution in [0, 0.1) is 12.8 Å². The number of hydrogen-bond donors (Lipinski definition) is 2. The number of amides is 1. The Morgan fingerprint density at radius 2 is 2.14 bits per heavy atom. The number of carbonyl (C=O) groups excluding carboxylic acids is 1. The summed E-state index contributed by atoms with van der Waals surface area (Å²) in [4.78, 5) is 20.4. The molecule has 3 N–H and O–H groups in total. The van der Waals surface area contributed by atoms with Crippen LogP contribution < -0.4 is 11.1 Å². The van der Waals surface area contributed by atoms with E-state index in [0.29, 0.717) is 18.0 Å². The molecular weight excluding hydrogens is 266 g/mol. The van der Waals surface area contributed by atoms with E-state index in [4.69, 9.17) is 5.73 Å². The summed E-state index contributed by atoms with van der Waals surface area (Å²) in [6.07, 6.45) is 5.84. The van der Waals surface area contributed by atoms with Crippen LogP contribution in [0.2, 0.25) is 0 Å². The summed E-state index contributed by atoms with van der Waals surface area (Å²) in [5, 5.41) is 2.78. The first-order valence-corrected chi connectivity index (χ1v) is 7.00. The molecule has 1 amide bonds. The molecule has 0 radical (unpaired) electrons. The van der Waals surface area contributed by atoms with E-state index in [0.717, 1.165) is 11.6 Å². The van der Waals surface area contributed by atoms with Crippen LogP contribution in [0.25, 0.3) is 5.82 Å². The van der Waals surface area contributed by atoms with Crippen LogP contribution in [0.3, 0.4) is 0 Å². The number of hydrogen-bond acceptors (Lipinski definition) is 4. The lowest BCUT2D eigenvalue weighted by molar-refractivity contribution is -0.117. The zero-order valence-electron chi connectivity index (χ0n) is 12.6. The molecule has 2 aromatic heterocycles. The number of imidazole rings is 1. The SMILES string of the molecule is Cc1nccn1-c1ccc(NC(=O)C(N)CC(C)C)cn1. The lowest BCUT2D eigenvalue weighted by Crippen LogP contribution is -2.36. The van der Waals surface area contributed by atoms with E-state index in [1.165, 1.54) is 0 Å². The predicted molar refractivity (Wildman–Crippen MR) is 82.2 cm³/mol. The smallest absolute Gasteiger partial charge is 0.241 e. The highest BCUT2D eigenvalue weighted by Crippen LogP contribution is 2.12. The fraction of sp³-hybridized carbons (Fsp3) is 0.400. The molecule has 2 rings (SSSR count). The largest absolute Gasteiger partial charge is 0.323 e. The Balaban J connectivity index is 2.03. The van der Waals surface area contributed by atoms with Crippen molar-refractivity contribution in [2.24, 2.45) is 11.7 Å². The second-order valence-electron chi connectivity index (χ2n) is 5.47. The van der Waals surface area contributed by atoms with Crippen molar-refractivity contribution >= 4 is 11.6 Å². The Labute approximate surface area is 124 Å². The van der Waals surface area contributed by atoms with Gasteiger partial charge >= 0.3 is 0 Å². The highest BCUT2D eigenvalue weighted by Gasteiger charge is 2.15. The average Bonchev–Trinajstić information content (AvgIpc) is 2.85. The van der Waals surface area contributed by atoms with Crippen LogP contribution in [-0.2, 0) is 4.79 Å². The quantitative estimate of drug-likeness (QED) is 0.879. The van der Waals surface area contributed by atoms with Crippen molar-refractivity contribution in [2.75, 3.05) is 5.32 Å². The fourth-order valence-corrected chi connectivity index (χ4v) is 2.07. The molecule has 0 bridgehead atoms. The van der Waals surface area contributed by atoms with Gasteiger partial charge in [0.15, 0.2) is 0 Å². The zero-order chi connectivity index (χ0) is 15.4. The molecule has 0 saturated heterocycles. The summed E-state index contributed by atoms with van der Waals surface area (Å²) in [5.41, 5.74) is 6.49. The number of rotatable bonds is 5. The minimum Gasteiger partial charge on any atom is -0.323 e. The molecule has 6 nitrogen and oxygen atoms in total. The van der Waals surface area contributed by atoms with Crippen molar-refractivity contribution in [3.05, 3.63) is 36.5 Å². The maximum absolute atomic E-state index is 11.9. The van der Waals surface area contributed by atoms with Gasteiger partial charge in [-0.25, -0.2) is 9.97 Å². The van der Waals surface area contributed by atoms with Gasteiger partial charge in [0.05, 0.1) is 17.9 Å². The van der Waals surface area contributed by atoms with E-state index < -0.39 is 6.04 Å². The number of anilines is 1. The van der Waals surface area contributed by atoms with Gasteiger partial charge in [-0.05, 0) is 31.4 Å². The summed E-state index contributed by atoms with van der Waals surface area (Å²) in [5.74, 6) is 1.82. The van der Waals surface area contributed by atoms with E-state index in [1.807, 2.05) is 43.7 Å². The van der Waals surface area contributed by atoms with E-state index >= 15 is 0 Å². The molecule has 2 aromatic rings. The minimum absolute atomic E-state index is 0.183. The van der Waals surface area contributed by atoms with Crippen LogP contribution in [0.1, 0.15) is 26.1 Å². The van der Waals surface area contributed by atoms with Gasteiger partial charge in [0.25, 0.3) is 0 Å². The molecule has 0 spiro atoms. The number of carbonyl (C=O) groups is 1. The van der Waals surface area contributed by atoms with Gasteiger partial charge in [-0.2, -0.15) is 0 Å². The molecule has 112 valence electrons. The van der Waals surface area contributed by atoms with Crippen LogP contribution >= 0.6 is 0 Å². The van der Waals surface area contributed by atoms with Gasteiger partial charge in [0, 0.05) is 12.4 Å². The van der Waals surface area contributed by atoms with Gasteiger partial charge < -0.3 is 11.1 Å². The first kappa shape index (κ1) is 15.2. The summed E-state index contributed by atoms with van der Waals surface area (Å²) >= 11 is 0. The number of nitrogens with one attached hydrogen (secondary N) is 1. The van der Waals surface area contributed by atoms with Gasteiger partial charge in [0.2, 0.25) is 5.91 Å². The van der Waals surface area contributed by atoms with Crippen LogP contribution in [0.5, 0.6) is 0 Å². The molecular formula is C15H21N5O. The van der Waals surface area contributed by atoms with Crippen LogP contribution in [0.4, 0.5) is 5.69 Å². The highest BCUT2D eigenvalue weighted by molar-refractivity contribution is 5.94. The van der Waals surface area contributed by atoms with Crippen molar-refractivity contribution in [1.29, 1.82) is 0 Å². The number of aryl methyl sites for hydroxylation is 1. The molecule has 1 atom stereocenters. The molecule has 0 aliphatic rings. The Kier molecular flexibility index (Phi) is 4.70. The molecule has 6 heteroatoms. The van der Waals surface area contributed by atoms with Gasteiger partial charge in [-0.3, -0.25) is 9.36 Å². The number of nitrogens with two attached hydrogens (primary N) is 1. The molecule has 0 aliphatic heterocycles. The lowest BCUT2D eigenvalue weighted by Gasteiger charge is -2.14. The number of pyridine rings is 1. The second-order valence-corrected chi connectivity index (χ2v) is 5.47. The maximum Gasteiger partial charge on any atom is 0.241 e. The summed E-state index contributed by atoms with van der Waals surface area (Å²) in [6, 6.07) is 3.14. The molecule has 21 heavy (non-hydrogen) atoms. The highest BCUT2D eigenvalue weighted by atomic mass is 16.2. The monoisotopic (exact) mass is 287 g/mol. The molecule has 0 saturated carbocycles. The standard InChI is InChI=1S/C15H21N5O/c1-10(2)8-13(16)15(21)19-12-4-5-14(18-9-12)20-7-6-17-11(20)3/h4-7,9-10,13H,8,16H2,1-3H3,(H,19,21). The van der Waals surface area contributed by atoms with Gasteiger partial charge in [0.1, 0.15) is 11.6 Å². The molecule has 0 aromatic carbocycles. The normalized spacial score (nSPS) is 12.4. The number of aromatic nitrogens is 3. The van der Waals surface area contributed by atoms with E-state index in [1.54, 1.807) is 12.4 Å². The Morgan fingerprint density at radius 1 is 1.38 bits per heavy atom.